The maximum absolute atomic E-state index is 12.2. The normalized spacial score (nSPS) is 11.2. The van der Waals surface area contributed by atoms with Crippen LogP contribution in [-0.2, 0) is 16.4 Å². The van der Waals surface area contributed by atoms with Crippen LogP contribution in [0.15, 0.2) is 47.4 Å². The first-order valence-electron chi connectivity index (χ1n) is 7.47. The smallest absolute Gasteiger partial charge is 0.317 e. The van der Waals surface area contributed by atoms with Gasteiger partial charge in [0.1, 0.15) is 0 Å². The molecule has 0 fully saturated rings. The number of carbonyl (C=O) groups excluding carboxylic acids is 1. The number of halogens is 1. The van der Waals surface area contributed by atoms with E-state index in [1.165, 1.54) is 11.3 Å². The molecule has 0 aliphatic carbocycles. The monoisotopic (exact) mass is 386 g/mol. The summed E-state index contributed by atoms with van der Waals surface area (Å²) in [4.78, 5) is 15.1. The van der Waals surface area contributed by atoms with Crippen molar-refractivity contribution in [1.29, 1.82) is 0 Å². The van der Waals surface area contributed by atoms with E-state index in [-0.39, 0.29) is 23.2 Å². The highest BCUT2D eigenvalue weighted by molar-refractivity contribution is 7.91. The molecule has 0 aliphatic rings. The SMILES string of the molecule is CCN(Cc1ccc(Cl)s1)C(=O)NCCS(=O)(=O)c1ccccc1. The van der Waals surface area contributed by atoms with Crippen molar-refractivity contribution in [3.8, 4) is 0 Å². The number of thiophene rings is 1. The number of nitrogens with one attached hydrogen (secondary N) is 1. The second-order valence-electron chi connectivity index (χ2n) is 5.08. The van der Waals surface area contributed by atoms with E-state index in [1.807, 2.05) is 13.0 Å². The van der Waals surface area contributed by atoms with E-state index >= 15 is 0 Å². The predicted octanol–water partition coefficient (Wildman–Crippen LogP) is 3.41. The lowest BCUT2D eigenvalue weighted by atomic mass is 10.4. The Morgan fingerprint density at radius 3 is 2.50 bits per heavy atom. The van der Waals surface area contributed by atoms with Gasteiger partial charge in [0.05, 0.1) is 21.5 Å². The number of nitrogens with zero attached hydrogens (tertiary/aromatic N) is 1. The van der Waals surface area contributed by atoms with Crippen molar-refractivity contribution in [1.82, 2.24) is 10.2 Å². The lowest BCUT2D eigenvalue weighted by Crippen LogP contribution is -2.41. The Bertz CT molecular complexity index is 776. The second-order valence-corrected chi connectivity index (χ2v) is 8.99. The Morgan fingerprint density at radius 1 is 1.21 bits per heavy atom. The van der Waals surface area contributed by atoms with Crippen molar-refractivity contribution in [2.24, 2.45) is 0 Å². The zero-order chi connectivity index (χ0) is 17.6. The number of sulfone groups is 1. The Hall–Kier alpha value is -1.57. The maximum atomic E-state index is 12.2. The van der Waals surface area contributed by atoms with Crippen LogP contribution in [0.5, 0.6) is 0 Å². The number of carbonyl (C=O) groups is 1. The second kappa shape index (κ2) is 8.50. The van der Waals surface area contributed by atoms with Crippen LogP contribution in [0.25, 0.3) is 0 Å². The summed E-state index contributed by atoms with van der Waals surface area (Å²) in [5.41, 5.74) is 0. The Kier molecular flexibility index (Phi) is 6.65. The van der Waals surface area contributed by atoms with Gasteiger partial charge in [0.2, 0.25) is 0 Å². The molecule has 24 heavy (non-hydrogen) atoms. The molecule has 130 valence electrons. The van der Waals surface area contributed by atoms with E-state index in [9.17, 15) is 13.2 Å². The van der Waals surface area contributed by atoms with Gasteiger partial charge >= 0.3 is 6.03 Å². The summed E-state index contributed by atoms with van der Waals surface area (Å²) in [6.45, 7) is 2.91. The molecule has 0 bridgehead atoms. The van der Waals surface area contributed by atoms with Crippen LogP contribution < -0.4 is 5.32 Å². The topological polar surface area (TPSA) is 66.5 Å². The molecule has 5 nitrogen and oxygen atoms in total. The molecule has 0 saturated carbocycles. The molecule has 0 spiro atoms. The fourth-order valence-corrected chi connectivity index (χ4v) is 4.38. The van der Waals surface area contributed by atoms with Crippen molar-refractivity contribution in [3.05, 3.63) is 51.7 Å². The summed E-state index contributed by atoms with van der Waals surface area (Å²) < 4.78 is 25.0. The number of amides is 2. The summed E-state index contributed by atoms with van der Waals surface area (Å²) in [6, 6.07) is 11.6. The molecule has 2 rings (SSSR count). The fourth-order valence-electron chi connectivity index (χ4n) is 2.10. The maximum Gasteiger partial charge on any atom is 0.317 e. The van der Waals surface area contributed by atoms with Crippen LogP contribution in [0.1, 0.15) is 11.8 Å². The third-order valence-electron chi connectivity index (χ3n) is 3.39. The zero-order valence-electron chi connectivity index (χ0n) is 13.2. The number of benzene rings is 1. The average Bonchev–Trinajstić information content (AvgIpc) is 2.98. The Morgan fingerprint density at radius 2 is 1.92 bits per heavy atom. The molecule has 1 heterocycles. The molecule has 0 radical (unpaired) electrons. The number of hydrogen-bond donors (Lipinski definition) is 1. The summed E-state index contributed by atoms with van der Waals surface area (Å²) in [5, 5.41) is 2.67. The highest BCUT2D eigenvalue weighted by Gasteiger charge is 2.16. The van der Waals surface area contributed by atoms with Gasteiger partial charge in [0.15, 0.2) is 9.84 Å². The van der Waals surface area contributed by atoms with Gasteiger partial charge in [-0.15, -0.1) is 11.3 Å². The molecule has 1 aromatic carbocycles. The number of hydrogen-bond acceptors (Lipinski definition) is 4. The molecule has 0 saturated heterocycles. The summed E-state index contributed by atoms with van der Waals surface area (Å²) in [6.07, 6.45) is 0. The first-order chi connectivity index (χ1) is 11.4. The van der Waals surface area contributed by atoms with Gasteiger partial charge in [-0.1, -0.05) is 29.8 Å². The summed E-state index contributed by atoms with van der Waals surface area (Å²) in [7, 11) is -3.39. The molecule has 0 atom stereocenters. The Labute approximate surface area is 151 Å². The predicted molar refractivity (Wildman–Crippen MR) is 97.3 cm³/mol. The molecule has 1 N–H and O–H groups in total. The van der Waals surface area contributed by atoms with Gasteiger partial charge in [0, 0.05) is 18.0 Å². The van der Waals surface area contributed by atoms with Gasteiger partial charge in [-0.25, -0.2) is 13.2 Å². The van der Waals surface area contributed by atoms with Crippen molar-refractivity contribution < 1.29 is 13.2 Å². The highest BCUT2D eigenvalue weighted by Crippen LogP contribution is 2.22. The van der Waals surface area contributed by atoms with E-state index in [1.54, 1.807) is 41.3 Å². The molecule has 0 unspecified atom stereocenters. The van der Waals surface area contributed by atoms with Gasteiger partial charge in [-0.3, -0.25) is 0 Å². The number of urea groups is 1. The highest BCUT2D eigenvalue weighted by atomic mass is 35.5. The Balaban J connectivity index is 1.87. The van der Waals surface area contributed by atoms with E-state index < -0.39 is 9.84 Å². The van der Waals surface area contributed by atoms with E-state index in [4.69, 9.17) is 11.6 Å². The minimum Gasteiger partial charge on any atom is -0.337 e. The average molecular weight is 387 g/mol. The quantitative estimate of drug-likeness (QED) is 0.792. The summed E-state index contributed by atoms with van der Waals surface area (Å²) in [5.74, 6) is -0.134. The van der Waals surface area contributed by atoms with Crippen molar-refractivity contribution >= 4 is 38.8 Å². The standard InChI is InChI=1S/C16H19ClN2O3S2/c1-2-19(12-13-8-9-15(17)23-13)16(20)18-10-11-24(21,22)14-6-4-3-5-7-14/h3-9H,2,10-12H2,1H3,(H,18,20). The van der Waals surface area contributed by atoms with Crippen LogP contribution in [-0.4, -0.2) is 38.2 Å². The lowest BCUT2D eigenvalue weighted by molar-refractivity contribution is 0.199. The van der Waals surface area contributed by atoms with Crippen LogP contribution in [0, 0.1) is 0 Å². The molecular weight excluding hydrogens is 368 g/mol. The first-order valence-corrected chi connectivity index (χ1v) is 10.3. The largest absolute Gasteiger partial charge is 0.337 e. The van der Waals surface area contributed by atoms with Crippen LogP contribution >= 0.6 is 22.9 Å². The third-order valence-corrected chi connectivity index (χ3v) is 6.34. The molecule has 0 aliphatic heterocycles. The van der Waals surface area contributed by atoms with Crippen molar-refractivity contribution in [2.45, 2.75) is 18.4 Å². The minimum atomic E-state index is -3.39. The van der Waals surface area contributed by atoms with Crippen LogP contribution in [0.3, 0.4) is 0 Å². The summed E-state index contributed by atoms with van der Waals surface area (Å²) >= 11 is 7.31. The molecule has 2 aromatic rings. The van der Waals surface area contributed by atoms with E-state index in [0.717, 1.165) is 4.88 Å². The zero-order valence-corrected chi connectivity index (χ0v) is 15.6. The van der Waals surface area contributed by atoms with Gasteiger partial charge < -0.3 is 10.2 Å². The molecular formula is C16H19ClN2O3S2. The molecule has 1 aromatic heterocycles. The van der Waals surface area contributed by atoms with Crippen LogP contribution in [0.4, 0.5) is 4.79 Å². The lowest BCUT2D eigenvalue weighted by Gasteiger charge is -2.20. The van der Waals surface area contributed by atoms with Crippen LogP contribution in [0.2, 0.25) is 4.34 Å². The van der Waals surface area contributed by atoms with Gasteiger partial charge in [-0.2, -0.15) is 0 Å². The van der Waals surface area contributed by atoms with Crippen molar-refractivity contribution in [2.75, 3.05) is 18.8 Å². The van der Waals surface area contributed by atoms with Gasteiger partial charge in [0.25, 0.3) is 0 Å². The minimum absolute atomic E-state index is 0.0672. The molecule has 8 heteroatoms. The third kappa shape index (κ3) is 5.22. The number of rotatable bonds is 7. The fraction of sp³-hybridized carbons (Fsp3) is 0.312. The van der Waals surface area contributed by atoms with Gasteiger partial charge in [-0.05, 0) is 31.2 Å². The first kappa shape index (κ1) is 18.8. The van der Waals surface area contributed by atoms with E-state index in [2.05, 4.69) is 5.32 Å². The molecule has 2 amide bonds. The van der Waals surface area contributed by atoms with E-state index in [0.29, 0.717) is 17.4 Å². The van der Waals surface area contributed by atoms with Crippen molar-refractivity contribution in [3.63, 3.8) is 0 Å².